The van der Waals surface area contributed by atoms with Gasteiger partial charge in [-0.15, -0.1) is 0 Å². The average Bonchev–Trinajstić information content (AvgIpc) is 3.14. The van der Waals surface area contributed by atoms with Crippen molar-refractivity contribution in [1.82, 2.24) is 0 Å². The molecular weight excluding hydrogens is 299 g/mol. The van der Waals surface area contributed by atoms with Crippen LogP contribution in [0.4, 0.5) is 4.39 Å². The van der Waals surface area contributed by atoms with Crippen molar-refractivity contribution in [2.24, 2.45) is 5.92 Å². The number of carbonyl (C=O) groups is 1. The molecule has 1 fully saturated rings. The van der Waals surface area contributed by atoms with E-state index in [-0.39, 0.29) is 24.1 Å². The number of hydrogen-bond donors (Lipinski definition) is 0. The van der Waals surface area contributed by atoms with Crippen LogP contribution < -0.4 is 0 Å². The molecule has 0 radical (unpaired) electrons. The Labute approximate surface area is 115 Å². The van der Waals surface area contributed by atoms with Crippen LogP contribution in [0.5, 0.6) is 0 Å². The number of halogens is 2. The molecule has 1 aromatic carbocycles. The Bertz CT molecular complexity index is 443. The normalized spacial score (nSPS) is 16.6. The zero-order valence-corrected chi connectivity index (χ0v) is 11.9. The number of hydrogen-bond acceptors (Lipinski definition) is 2. The van der Waals surface area contributed by atoms with Gasteiger partial charge in [-0.25, -0.2) is 4.39 Å². The second kappa shape index (κ2) is 5.93. The van der Waals surface area contributed by atoms with Crippen molar-refractivity contribution in [2.45, 2.75) is 32.3 Å². The van der Waals surface area contributed by atoms with Crippen LogP contribution in [-0.2, 0) is 16.0 Å². The second-order valence-corrected chi connectivity index (χ2v) is 5.45. The largest absolute Gasteiger partial charge is 0.370 e. The lowest BCUT2D eigenvalue weighted by Gasteiger charge is -2.15. The van der Waals surface area contributed by atoms with Gasteiger partial charge in [-0.3, -0.25) is 4.79 Å². The van der Waals surface area contributed by atoms with Crippen LogP contribution in [0, 0.1) is 11.7 Å². The van der Waals surface area contributed by atoms with E-state index < -0.39 is 0 Å². The minimum Gasteiger partial charge on any atom is -0.370 e. The third kappa shape index (κ3) is 3.39. The lowest BCUT2D eigenvalue weighted by Crippen LogP contribution is -2.28. The maximum Gasteiger partial charge on any atom is 0.166 e. The minimum absolute atomic E-state index is 0.0469. The van der Waals surface area contributed by atoms with E-state index in [2.05, 4.69) is 15.9 Å². The summed E-state index contributed by atoms with van der Waals surface area (Å²) in [5.41, 5.74) is 0.686. The highest BCUT2D eigenvalue weighted by atomic mass is 79.9. The van der Waals surface area contributed by atoms with E-state index in [0.717, 1.165) is 17.3 Å². The first-order valence-corrected chi connectivity index (χ1v) is 6.99. The predicted molar refractivity (Wildman–Crippen MR) is 70.9 cm³/mol. The monoisotopic (exact) mass is 314 g/mol. The smallest absolute Gasteiger partial charge is 0.166 e. The molecule has 0 saturated heterocycles. The predicted octanol–water partition coefficient (Wildman–Crippen LogP) is 3.51. The van der Waals surface area contributed by atoms with Crippen LogP contribution in [0.3, 0.4) is 0 Å². The summed E-state index contributed by atoms with van der Waals surface area (Å²) in [5, 5.41) is 0. The fraction of sp³-hybridized carbons (Fsp3) is 0.500. The van der Waals surface area contributed by atoms with Gasteiger partial charge < -0.3 is 4.74 Å². The van der Waals surface area contributed by atoms with Crippen LogP contribution in [0.1, 0.15) is 25.3 Å². The first-order chi connectivity index (χ1) is 8.61. The molecule has 1 aliphatic carbocycles. The molecule has 0 heterocycles. The quantitative estimate of drug-likeness (QED) is 0.803. The van der Waals surface area contributed by atoms with Gasteiger partial charge in [-0.2, -0.15) is 0 Å². The summed E-state index contributed by atoms with van der Waals surface area (Å²) in [6, 6.07) is 4.40. The molecule has 0 bridgehead atoms. The molecule has 1 atom stereocenters. The molecule has 0 aliphatic heterocycles. The summed E-state index contributed by atoms with van der Waals surface area (Å²) in [4.78, 5) is 12.2. The van der Waals surface area contributed by atoms with Crippen LogP contribution in [0.2, 0.25) is 0 Å². The average molecular weight is 315 g/mol. The number of ether oxygens (including phenoxy) is 1. The molecule has 1 aliphatic rings. The van der Waals surface area contributed by atoms with Crippen molar-refractivity contribution in [2.75, 3.05) is 6.61 Å². The topological polar surface area (TPSA) is 26.3 Å². The Morgan fingerprint density at radius 2 is 2.28 bits per heavy atom. The molecule has 0 amide bonds. The minimum atomic E-state index is -0.319. The molecule has 0 aromatic heterocycles. The van der Waals surface area contributed by atoms with Crippen molar-refractivity contribution >= 4 is 21.7 Å². The lowest BCUT2D eigenvalue weighted by atomic mass is 10.0. The Morgan fingerprint density at radius 1 is 1.56 bits per heavy atom. The molecule has 1 aromatic rings. The van der Waals surface area contributed by atoms with Crippen LogP contribution in [0.15, 0.2) is 22.7 Å². The molecular formula is C14H16BrFO2. The third-order valence-electron chi connectivity index (χ3n) is 3.09. The van der Waals surface area contributed by atoms with Gasteiger partial charge in [-0.1, -0.05) is 15.9 Å². The number of benzene rings is 1. The van der Waals surface area contributed by atoms with Crippen LogP contribution >= 0.6 is 15.9 Å². The van der Waals surface area contributed by atoms with Crippen LogP contribution in [-0.4, -0.2) is 18.5 Å². The second-order valence-electron chi connectivity index (χ2n) is 4.59. The van der Waals surface area contributed by atoms with Gasteiger partial charge in [0.1, 0.15) is 11.9 Å². The van der Waals surface area contributed by atoms with Gasteiger partial charge in [0.25, 0.3) is 0 Å². The van der Waals surface area contributed by atoms with Gasteiger partial charge in [0.2, 0.25) is 0 Å². The van der Waals surface area contributed by atoms with Crippen LogP contribution in [0.25, 0.3) is 0 Å². The zero-order chi connectivity index (χ0) is 13.1. The summed E-state index contributed by atoms with van der Waals surface area (Å²) >= 11 is 3.34. The van der Waals surface area contributed by atoms with Crippen molar-refractivity contribution in [1.29, 1.82) is 0 Å². The number of Topliss-reactive ketones (excluding diaryl/α,β-unsaturated/α-hetero) is 1. The summed E-state index contributed by atoms with van der Waals surface area (Å²) in [7, 11) is 0. The van der Waals surface area contributed by atoms with Gasteiger partial charge >= 0.3 is 0 Å². The molecule has 1 unspecified atom stereocenters. The molecule has 0 N–H and O–H groups in total. The SMILES string of the molecule is CCOC(C(=O)Cc1cc(F)ccc1Br)C1CC1. The van der Waals surface area contributed by atoms with Gasteiger partial charge in [-0.05, 0) is 49.4 Å². The van der Waals surface area contributed by atoms with Gasteiger partial charge in [0.15, 0.2) is 5.78 Å². The number of ketones is 1. The van der Waals surface area contributed by atoms with E-state index in [1.54, 1.807) is 6.07 Å². The fourth-order valence-electron chi connectivity index (χ4n) is 2.04. The highest BCUT2D eigenvalue weighted by molar-refractivity contribution is 9.10. The van der Waals surface area contributed by atoms with Crippen molar-refractivity contribution < 1.29 is 13.9 Å². The van der Waals surface area contributed by atoms with Crippen molar-refractivity contribution in [3.63, 3.8) is 0 Å². The Balaban J connectivity index is 2.07. The standard InChI is InChI=1S/C14H16BrFO2/c1-2-18-14(9-3-4-9)13(17)8-10-7-11(16)5-6-12(10)15/h5-7,9,14H,2-4,8H2,1H3. The maximum atomic E-state index is 13.2. The fourth-order valence-corrected chi connectivity index (χ4v) is 2.42. The molecule has 18 heavy (non-hydrogen) atoms. The molecule has 4 heteroatoms. The highest BCUT2D eigenvalue weighted by Gasteiger charge is 2.36. The van der Waals surface area contributed by atoms with Gasteiger partial charge in [0, 0.05) is 17.5 Å². The first kappa shape index (κ1) is 13.7. The van der Waals surface area contributed by atoms with E-state index >= 15 is 0 Å². The molecule has 98 valence electrons. The van der Waals surface area contributed by atoms with E-state index in [1.165, 1.54) is 12.1 Å². The summed E-state index contributed by atoms with van der Waals surface area (Å²) < 4.78 is 19.4. The Morgan fingerprint density at radius 3 is 2.89 bits per heavy atom. The molecule has 0 spiro atoms. The summed E-state index contributed by atoms with van der Waals surface area (Å²) in [6.45, 7) is 2.43. The van der Waals surface area contributed by atoms with E-state index in [0.29, 0.717) is 18.1 Å². The van der Waals surface area contributed by atoms with Gasteiger partial charge in [0.05, 0.1) is 0 Å². The maximum absolute atomic E-state index is 13.2. The Kier molecular flexibility index (Phi) is 4.51. The number of rotatable bonds is 6. The van der Waals surface area contributed by atoms with E-state index in [9.17, 15) is 9.18 Å². The van der Waals surface area contributed by atoms with E-state index in [4.69, 9.17) is 4.74 Å². The summed E-state index contributed by atoms with van der Waals surface area (Å²) in [6.07, 6.45) is 2.02. The Hall–Kier alpha value is -0.740. The van der Waals surface area contributed by atoms with Crippen molar-refractivity contribution in [3.05, 3.63) is 34.1 Å². The van der Waals surface area contributed by atoms with E-state index in [1.807, 2.05) is 6.92 Å². The number of carbonyl (C=O) groups excluding carboxylic acids is 1. The lowest BCUT2D eigenvalue weighted by molar-refractivity contribution is -0.130. The zero-order valence-electron chi connectivity index (χ0n) is 10.3. The third-order valence-corrected chi connectivity index (χ3v) is 3.86. The first-order valence-electron chi connectivity index (χ1n) is 6.20. The van der Waals surface area contributed by atoms with Crippen molar-refractivity contribution in [3.8, 4) is 0 Å². The molecule has 2 rings (SSSR count). The molecule has 2 nitrogen and oxygen atoms in total. The highest BCUT2D eigenvalue weighted by Crippen LogP contribution is 2.35. The molecule has 1 saturated carbocycles. The summed E-state index contributed by atoms with van der Waals surface area (Å²) in [5.74, 6) is 0.0933.